The summed E-state index contributed by atoms with van der Waals surface area (Å²) in [6.45, 7) is 6.01. The van der Waals surface area contributed by atoms with Gasteiger partial charge in [0.15, 0.2) is 10.3 Å². The van der Waals surface area contributed by atoms with Crippen molar-refractivity contribution in [1.29, 1.82) is 0 Å². The van der Waals surface area contributed by atoms with E-state index in [-0.39, 0.29) is 17.7 Å². The number of hydrogen-bond acceptors (Lipinski definition) is 6. The third kappa shape index (κ3) is 4.82. The first-order valence-electron chi connectivity index (χ1n) is 8.10. The van der Waals surface area contributed by atoms with E-state index in [1.54, 1.807) is 12.1 Å². The summed E-state index contributed by atoms with van der Waals surface area (Å²) < 4.78 is 2.00. The number of thioether (sulfide) groups is 1. The summed E-state index contributed by atoms with van der Waals surface area (Å²) in [6, 6.07) is 5.46. The summed E-state index contributed by atoms with van der Waals surface area (Å²) in [5, 5.41) is 15.2. The summed E-state index contributed by atoms with van der Waals surface area (Å²) >= 11 is 14.8. The van der Waals surface area contributed by atoms with Crippen molar-refractivity contribution in [1.82, 2.24) is 19.7 Å². The van der Waals surface area contributed by atoms with E-state index in [9.17, 15) is 4.79 Å². The summed E-state index contributed by atoms with van der Waals surface area (Å²) in [5.74, 6) is 0.901. The molecule has 1 N–H and O–H groups in total. The number of aryl methyl sites for hydroxylation is 1. The van der Waals surface area contributed by atoms with Gasteiger partial charge in [-0.05, 0) is 39.0 Å². The van der Waals surface area contributed by atoms with Crippen LogP contribution in [0.3, 0.4) is 0 Å². The Morgan fingerprint density at radius 3 is 2.81 bits per heavy atom. The Bertz CT molecular complexity index is 970. The molecule has 0 unspecified atom stereocenters. The second-order valence-electron chi connectivity index (χ2n) is 5.99. The zero-order chi connectivity index (χ0) is 19.6. The molecule has 1 amide bonds. The second kappa shape index (κ2) is 8.60. The van der Waals surface area contributed by atoms with Gasteiger partial charge in [0.05, 0.1) is 16.5 Å². The maximum atomic E-state index is 12.3. The van der Waals surface area contributed by atoms with Crippen molar-refractivity contribution in [2.24, 2.45) is 0 Å². The first-order valence-corrected chi connectivity index (χ1v) is 10.7. The zero-order valence-corrected chi connectivity index (χ0v) is 18.0. The van der Waals surface area contributed by atoms with Crippen molar-refractivity contribution in [3.05, 3.63) is 39.4 Å². The number of hydrogen-bond donors (Lipinski definition) is 1. The first kappa shape index (κ1) is 20.1. The van der Waals surface area contributed by atoms with E-state index in [0.717, 1.165) is 16.5 Å². The Labute approximate surface area is 175 Å². The van der Waals surface area contributed by atoms with Crippen molar-refractivity contribution in [3.63, 3.8) is 0 Å². The minimum absolute atomic E-state index is 0.154. The number of nitrogens with zero attached hydrogens (tertiary/aromatic N) is 4. The molecule has 2 heterocycles. The van der Waals surface area contributed by atoms with Crippen molar-refractivity contribution < 1.29 is 4.79 Å². The number of rotatable bonds is 6. The maximum Gasteiger partial charge on any atom is 0.236 e. The number of aromatic nitrogens is 4. The third-order valence-corrected chi connectivity index (χ3v) is 5.89. The molecule has 142 valence electrons. The SMILES string of the molecule is Cc1nnc(SCC(=O)Nc2nc(-c3ccc(Cl)cc3Cl)cs2)n1C(C)C. The largest absolute Gasteiger partial charge is 0.304 e. The molecule has 27 heavy (non-hydrogen) atoms. The van der Waals surface area contributed by atoms with Gasteiger partial charge in [0, 0.05) is 22.0 Å². The number of thiazole rings is 1. The average Bonchev–Trinajstić information content (AvgIpc) is 3.19. The van der Waals surface area contributed by atoms with Crippen LogP contribution in [0.25, 0.3) is 11.3 Å². The van der Waals surface area contributed by atoms with Crippen LogP contribution in [0.2, 0.25) is 10.0 Å². The number of benzene rings is 1. The van der Waals surface area contributed by atoms with Crippen LogP contribution in [0, 0.1) is 6.92 Å². The van der Waals surface area contributed by atoms with Crippen molar-refractivity contribution in [3.8, 4) is 11.3 Å². The molecular formula is C17H17Cl2N5OS2. The van der Waals surface area contributed by atoms with Crippen molar-refractivity contribution in [2.45, 2.75) is 32.0 Å². The predicted octanol–water partition coefficient (Wildman–Crippen LogP) is 5.33. The Morgan fingerprint density at radius 2 is 2.11 bits per heavy atom. The van der Waals surface area contributed by atoms with Gasteiger partial charge in [-0.15, -0.1) is 21.5 Å². The molecule has 0 radical (unpaired) electrons. The highest BCUT2D eigenvalue weighted by molar-refractivity contribution is 7.99. The number of anilines is 1. The molecule has 1 aromatic carbocycles. The lowest BCUT2D eigenvalue weighted by Crippen LogP contribution is -2.15. The van der Waals surface area contributed by atoms with Gasteiger partial charge in [0.1, 0.15) is 5.82 Å². The Hall–Kier alpha value is -1.61. The van der Waals surface area contributed by atoms with Crippen LogP contribution in [-0.2, 0) is 4.79 Å². The molecule has 3 rings (SSSR count). The van der Waals surface area contributed by atoms with Crippen LogP contribution in [0.1, 0.15) is 25.7 Å². The van der Waals surface area contributed by atoms with E-state index in [1.807, 2.05) is 22.9 Å². The predicted molar refractivity (Wildman–Crippen MR) is 112 cm³/mol. The van der Waals surface area contributed by atoms with Crippen LogP contribution < -0.4 is 5.32 Å². The highest BCUT2D eigenvalue weighted by Gasteiger charge is 2.15. The van der Waals surface area contributed by atoms with E-state index in [1.165, 1.54) is 23.1 Å². The quantitative estimate of drug-likeness (QED) is 0.523. The molecule has 0 saturated carbocycles. The fraction of sp³-hybridized carbons (Fsp3) is 0.294. The van der Waals surface area contributed by atoms with Gasteiger partial charge in [-0.1, -0.05) is 35.0 Å². The highest BCUT2D eigenvalue weighted by Crippen LogP contribution is 2.32. The summed E-state index contributed by atoms with van der Waals surface area (Å²) in [6.07, 6.45) is 0. The van der Waals surface area contributed by atoms with Crippen molar-refractivity contribution in [2.75, 3.05) is 11.1 Å². The smallest absolute Gasteiger partial charge is 0.236 e. The van der Waals surface area contributed by atoms with Gasteiger partial charge in [-0.2, -0.15) is 0 Å². The number of carbonyl (C=O) groups excluding carboxylic acids is 1. The molecule has 0 aliphatic carbocycles. The first-order chi connectivity index (χ1) is 12.8. The van der Waals surface area contributed by atoms with Gasteiger partial charge in [0.25, 0.3) is 0 Å². The van der Waals surface area contributed by atoms with E-state index in [0.29, 0.717) is 20.9 Å². The van der Waals surface area contributed by atoms with E-state index >= 15 is 0 Å². The fourth-order valence-corrected chi connectivity index (χ4v) is 4.63. The lowest BCUT2D eigenvalue weighted by Gasteiger charge is -2.11. The molecule has 0 fully saturated rings. The summed E-state index contributed by atoms with van der Waals surface area (Å²) in [7, 11) is 0. The molecule has 0 atom stereocenters. The van der Waals surface area contributed by atoms with E-state index in [2.05, 4.69) is 34.3 Å². The summed E-state index contributed by atoms with van der Waals surface area (Å²) in [4.78, 5) is 16.7. The number of nitrogens with one attached hydrogen (secondary N) is 1. The van der Waals surface area contributed by atoms with Crippen LogP contribution in [0.4, 0.5) is 5.13 Å². The van der Waals surface area contributed by atoms with Crippen LogP contribution >= 0.6 is 46.3 Å². The Balaban J connectivity index is 1.63. The Morgan fingerprint density at radius 1 is 1.33 bits per heavy atom. The molecule has 6 nitrogen and oxygen atoms in total. The minimum Gasteiger partial charge on any atom is -0.304 e. The van der Waals surface area contributed by atoms with Crippen LogP contribution in [0.15, 0.2) is 28.7 Å². The molecule has 3 aromatic rings. The molecule has 10 heteroatoms. The standard InChI is InChI=1S/C17H17Cl2N5OS2/c1-9(2)24-10(3)22-23-17(24)27-8-15(25)21-16-20-14(7-26-16)12-5-4-11(18)6-13(12)19/h4-7,9H,8H2,1-3H3,(H,20,21,25). The Kier molecular flexibility index (Phi) is 6.41. The minimum atomic E-state index is -0.154. The van der Waals surface area contributed by atoms with Gasteiger partial charge in [0.2, 0.25) is 5.91 Å². The number of carbonyl (C=O) groups is 1. The van der Waals surface area contributed by atoms with Crippen LogP contribution in [-0.4, -0.2) is 31.4 Å². The van der Waals surface area contributed by atoms with E-state index < -0.39 is 0 Å². The zero-order valence-electron chi connectivity index (χ0n) is 14.9. The van der Waals surface area contributed by atoms with Crippen molar-refractivity contribution >= 4 is 57.3 Å². The summed E-state index contributed by atoms with van der Waals surface area (Å²) in [5.41, 5.74) is 1.47. The second-order valence-corrected chi connectivity index (χ2v) is 8.64. The molecule has 0 aliphatic heterocycles. The lowest BCUT2D eigenvalue weighted by molar-refractivity contribution is -0.113. The normalized spacial score (nSPS) is 11.2. The molecule has 0 saturated heterocycles. The monoisotopic (exact) mass is 441 g/mol. The van der Waals surface area contributed by atoms with Gasteiger partial charge < -0.3 is 9.88 Å². The van der Waals surface area contributed by atoms with E-state index in [4.69, 9.17) is 23.2 Å². The molecule has 0 bridgehead atoms. The topological polar surface area (TPSA) is 72.7 Å². The molecule has 0 spiro atoms. The van der Waals surface area contributed by atoms with Gasteiger partial charge in [-0.3, -0.25) is 4.79 Å². The highest BCUT2D eigenvalue weighted by atomic mass is 35.5. The molecule has 2 aromatic heterocycles. The van der Waals surface area contributed by atoms with Gasteiger partial charge in [-0.25, -0.2) is 4.98 Å². The number of halogens is 2. The lowest BCUT2D eigenvalue weighted by atomic mass is 10.2. The third-order valence-electron chi connectivity index (χ3n) is 3.64. The average molecular weight is 442 g/mol. The number of amides is 1. The maximum absolute atomic E-state index is 12.3. The molecular weight excluding hydrogens is 425 g/mol. The van der Waals surface area contributed by atoms with Crippen LogP contribution in [0.5, 0.6) is 0 Å². The fourth-order valence-electron chi connectivity index (χ4n) is 2.48. The molecule has 0 aliphatic rings. The van der Waals surface area contributed by atoms with Gasteiger partial charge >= 0.3 is 0 Å².